The van der Waals surface area contributed by atoms with Crippen LogP contribution in [0.25, 0.3) is 10.9 Å². The van der Waals surface area contributed by atoms with Crippen LogP contribution in [0.5, 0.6) is 0 Å². The van der Waals surface area contributed by atoms with Crippen LogP contribution in [0.1, 0.15) is 40.0 Å². The molecule has 2 bridgehead atoms. The zero-order valence-corrected chi connectivity index (χ0v) is 18.1. The molecule has 3 saturated heterocycles. The zero-order chi connectivity index (χ0) is 21.4. The maximum absolute atomic E-state index is 12.1. The Morgan fingerprint density at radius 3 is 2.61 bits per heavy atom. The Kier molecular flexibility index (Phi) is 5.50. The third-order valence-electron chi connectivity index (χ3n) is 7.01. The van der Waals surface area contributed by atoms with Crippen molar-refractivity contribution in [1.82, 2.24) is 20.0 Å². The highest BCUT2D eigenvalue weighted by Crippen LogP contribution is 2.29. The quantitative estimate of drug-likeness (QED) is 0.616. The summed E-state index contributed by atoms with van der Waals surface area (Å²) in [4.78, 5) is 14.7. The highest BCUT2D eigenvalue weighted by molar-refractivity contribution is 6.05. The third-order valence-corrected chi connectivity index (χ3v) is 7.01. The first-order valence-electron chi connectivity index (χ1n) is 11.3. The molecule has 3 fully saturated rings. The fourth-order valence-corrected chi connectivity index (χ4v) is 5.35. The number of aromatic nitrogens is 2. The minimum Gasteiger partial charge on any atom is -0.478 e. The van der Waals surface area contributed by atoms with Crippen LogP contribution in [0.3, 0.4) is 0 Å². The number of benzene rings is 2. The molecule has 4 heterocycles. The second kappa shape index (κ2) is 8.44. The van der Waals surface area contributed by atoms with Crippen LogP contribution in [0, 0.1) is 12.8 Å². The first kappa shape index (κ1) is 20.2. The Bertz CT molecular complexity index is 1080. The normalized spacial score (nSPS) is 22.8. The van der Waals surface area contributed by atoms with Crippen molar-refractivity contribution in [2.24, 2.45) is 5.92 Å². The van der Waals surface area contributed by atoms with E-state index >= 15 is 0 Å². The van der Waals surface area contributed by atoms with E-state index in [1.54, 1.807) is 0 Å². The van der Waals surface area contributed by atoms with Gasteiger partial charge in [0.2, 0.25) is 0 Å². The van der Waals surface area contributed by atoms with Crippen molar-refractivity contribution >= 4 is 16.9 Å². The fraction of sp³-hybridized carbons (Fsp3) is 0.440. The lowest BCUT2D eigenvalue weighted by atomic mass is 9.84. The standard InChI is InChI=1S/C25H30N4O2/c1-17-7-8-22-24(23(17)25(30)31)20(27-29(22)15-18-5-3-2-4-6-18)9-12-26-21-16-28-13-10-19(21)11-14-28/h2-8,19,21,26H,9-16H2,1H3,(H,30,31). The number of aryl methyl sites for hydroxylation is 1. The Morgan fingerprint density at radius 2 is 1.94 bits per heavy atom. The molecule has 0 saturated carbocycles. The van der Waals surface area contributed by atoms with Gasteiger partial charge in [0.05, 0.1) is 23.3 Å². The molecule has 162 valence electrons. The van der Waals surface area contributed by atoms with Gasteiger partial charge in [0.1, 0.15) is 0 Å². The molecular formula is C25H30N4O2. The van der Waals surface area contributed by atoms with Gasteiger partial charge in [-0.3, -0.25) is 4.68 Å². The second-order valence-corrected chi connectivity index (χ2v) is 9.00. The lowest BCUT2D eigenvalue weighted by Gasteiger charge is -2.45. The van der Waals surface area contributed by atoms with E-state index in [0.29, 0.717) is 18.2 Å². The Balaban J connectivity index is 1.43. The monoisotopic (exact) mass is 418 g/mol. The molecule has 6 nitrogen and oxygen atoms in total. The SMILES string of the molecule is Cc1ccc2c(c(CCNC3CN4CCC3CC4)nn2Cc2ccccc2)c1C(=O)O. The van der Waals surface area contributed by atoms with E-state index in [1.807, 2.05) is 41.9 Å². The topological polar surface area (TPSA) is 70.4 Å². The lowest BCUT2D eigenvalue weighted by Crippen LogP contribution is -2.56. The Hall–Kier alpha value is -2.70. The predicted octanol–water partition coefficient (Wildman–Crippen LogP) is 3.32. The van der Waals surface area contributed by atoms with E-state index in [4.69, 9.17) is 5.10 Å². The number of piperidine rings is 3. The first-order chi connectivity index (χ1) is 15.1. The fourth-order valence-electron chi connectivity index (χ4n) is 5.35. The van der Waals surface area contributed by atoms with Crippen LogP contribution in [-0.2, 0) is 13.0 Å². The largest absolute Gasteiger partial charge is 0.478 e. The van der Waals surface area contributed by atoms with Gasteiger partial charge in [0.15, 0.2) is 0 Å². The molecule has 1 aromatic heterocycles. The summed E-state index contributed by atoms with van der Waals surface area (Å²) in [6.07, 6.45) is 3.30. The molecule has 0 spiro atoms. The Morgan fingerprint density at radius 1 is 1.16 bits per heavy atom. The molecule has 6 heteroatoms. The number of nitrogens with zero attached hydrogens (tertiary/aromatic N) is 3. The average molecular weight is 419 g/mol. The summed E-state index contributed by atoms with van der Waals surface area (Å²) in [6, 6.07) is 14.6. The molecule has 0 aliphatic carbocycles. The van der Waals surface area contributed by atoms with E-state index < -0.39 is 5.97 Å². The minimum atomic E-state index is -0.881. The van der Waals surface area contributed by atoms with E-state index in [2.05, 4.69) is 22.3 Å². The van der Waals surface area contributed by atoms with Crippen molar-refractivity contribution < 1.29 is 9.90 Å². The second-order valence-electron chi connectivity index (χ2n) is 9.00. The molecule has 6 rings (SSSR count). The lowest BCUT2D eigenvalue weighted by molar-refractivity contribution is 0.0698. The highest BCUT2D eigenvalue weighted by atomic mass is 16.4. The van der Waals surface area contributed by atoms with Crippen LogP contribution in [-0.4, -0.2) is 58.0 Å². The predicted molar refractivity (Wildman–Crippen MR) is 122 cm³/mol. The molecule has 3 aliphatic rings. The molecule has 1 unspecified atom stereocenters. The number of carboxylic acids is 1. The number of nitrogens with one attached hydrogen (secondary N) is 1. The summed E-state index contributed by atoms with van der Waals surface area (Å²) in [5.74, 6) is -0.108. The number of carbonyl (C=O) groups is 1. The van der Waals surface area contributed by atoms with Gasteiger partial charge < -0.3 is 15.3 Å². The number of carboxylic acid groups (broad SMARTS) is 1. The summed E-state index contributed by atoms with van der Waals surface area (Å²) < 4.78 is 1.96. The van der Waals surface area contributed by atoms with Gasteiger partial charge in [-0.25, -0.2) is 4.79 Å². The first-order valence-corrected chi connectivity index (χ1v) is 11.3. The molecular weight excluding hydrogens is 388 g/mol. The molecule has 1 atom stereocenters. The summed E-state index contributed by atoms with van der Waals surface area (Å²) in [7, 11) is 0. The number of hydrogen-bond donors (Lipinski definition) is 2. The van der Waals surface area contributed by atoms with Crippen molar-refractivity contribution in [3.8, 4) is 0 Å². The van der Waals surface area contributed by atoms with Crippen LogP contribution in [0.2, 0.25) is 0 Å². The van der Waals surface area contributed by atoms with E-state index in [0.717, 1.165) is 53.2 Å². The van der Waals surface area contributed by atoms with Crippen molar-refractivity contribution in [1.29, 1.82) is 0 Å². The van der Waals surface area contributed by atoms with Gasteiger partial charge in [-0.2, -0.15) is 5.10 Å². The molecule has 0 radical (unpaired) electrons. The van der Waals surface area contributed by atoms with E-state index in [-0.39, 0.29) is 0 Å². The molecule has 0 amide bonds. The van der Waals surface area contributed by atoms with Gasteiger partial charge in [0.25, 0.3) is 0 Å². The molecule has 3 aromatic rings. The molecule has 3 aliphatic heterocycles. The summed E-state index contributed by atoms with van der Waals surface area (Å²) >= 11 is 0. The summed E-state index contributed by atoms with van der Waals surface area (Å²) in [6.45, 7) is 6.92. The molecule has 2 aromatic carbocycles. The molecule has 31 heavy (non-hydrogen) atoms. The number of fused-ring (bicyclic) bond motifs is 4. The van der Waals surface area contributed by atoms with Crippen molar-refractivity contribution in [3.63, 3.8) is 0 Å². The third kappa shape index (κ3) is 3.98. The highest BCUT2D eigenvalue weighted by Gasteiger charge is 2.33. The van der Waals surface area contributed by atoms with Crippen LogP contribution in [0.15, 0.2) is 42.5 Å². The van der Waals surface area contributed by atoms with Gasteiger partial charge in [-0.1, -0.05) is 36.4 Å². The smallest absolute Gasteiger partial charge is 0.336 e. The van der Waals surface area contributed by atoms with Crippen molar-refractivity contribution in [3.05, 3.63) is 64.8 Å². The van der Waals surface area contributed by atoms with Crippen LogP contribution in [0.4, 0.5) is 0 Å². The number of hydrogen-bond acceptors (Lipinski definition) is 4. The van der Waals surface area contributed by atoms with Crippen LogP contribution < -0.4 is 5.32 Å². The van der Waals surface area contributed by atoms with Crippen molar-refractivity contribution in [2.45, 2.75) is 38.8 Å². The van der Waals surface area contributed by atoms with E-state index in [9.17, 15) is 9.90 Å². The average Bonchev–Trinajstić information content (AvgIpc) is 3.12. The summed E-state index contributed by atoms with van der Waals surface area (Å²) in [5, 5.41) is 19.4. The molecule has 2 N–H and O–H groups in total. The van der Waals surface area contributed by atoms with Crippen molar-refractivity contribution in [2.75, 3.05) is 26.2 Å². The van der Waals surface area contributed by atoms with Gasteiger partial charge in [-0.15, -0.1) is 0 Å². The maximum atomic E-state index is 12.1. The zero-order valence-electron chi connectivity index (χ0n) is 18.1. The number of aromatic carboxylic acids is 1. The van der Waals surface area contributed by atoms with Gasteiger partial charge in [-0.05, 0) is 56.0 Å². The maximum Gasteiger partial charge on any atom is 0.336 e. The van der Waals surface area contributed by atoms with Gasteiger partial charge >= 0.3 is 5.97 Å². The van der Waals surface area contributed by atoms with Crippen LogP contribution >= 0.6 is 0 Å². The Labute approximate surface area is 182 Å². The van der Waals surface area contributed by atoms with E-state index in [1.165, 1.54) is 25.9 Å². The summed E-state index contributed by atoms with van der Waals surface area (Å²) in [5.41, 5.74) is 4.09. The van der Waals surface area contributed by atoms with Gasteiger partial charge in [0, 0.05) is 30.9 Å². The minimum absolute atomic E-state index is 0.384. The number of rotatable bonds is 7.